The fourth-order valence-electron chi connectivity index (χ4n) is 1.97. The summed E-state index contributed by atoms with van der Waals surface area (Å²) in [6.07, 6.45) is 3.77. The van der Waals surface area contributed by atoms with Gasteiger partial charge in [0.05, 0.1) is 5.39 Å². The number of hydrogen-bond acceptors (Lipinski definition) is 5. The number of hydrazone groups is 1. The summed E-state index contributed by atoms with van der Waals surface area (Å²) in [5.41, 5.74) is 5.45. The van der Waals surface area contributed by atoms with E-state index in [4.69, 9.17) is 0 Å². The maximum Gasteiger partial charge on any atom is 0.158 e. The van der Waals surface area contributed by atoms with Gasteiger partial charge >= 0.3 is 0 Å². The zero-order valence-electron chi connectivity index (χ0n) is 12.8. The molecule has 2 aromatic rings. The average molecular weight is 290 g/mol. The molecule has 5 heteroatoms. The normalized spacial score (nSPS) is 12.4. The van der Waals surface area contributed by atoms with Crippen molar-refractivity contribution in [1.82, 2.24) is 9.97 Å². The third-order valence-electron chi connectivity index (χ3n) is 3.40. The van der Waals surface area contributed by atoms with Gasteiger partial charge in [-0.05, 0) is 45.1 Å². The third kappa shape index (κ3) is 3.33. The highest BCUT2D eigenvalue weighted by Crippen LogP contribution is 2.32. The third-order valence-corrected chi connectivity index (χ3v) is 4.52. The van der Waals surface area contributed by atoms with Crippen molar-refractivity contribution >= 4 is 33.1 Å². The summed E-state index contributed by atoms with van der Waals surface area (Å²) in [4.78, 5) is 11.0. The van der Waals surface area contributed by atoms with Crippen molar-refractivity contribution in [3.8, 4) is 0 Å². The Morgan fingerprint density at radius 1 is 1.35 bits per heavy atom. The summed E-state index contributed by atoms with van der Waals surface area (Å²) in [7, 11) is 0. The Morgan fingerprint density at radius 3 is 2.80 bits per heavy atom. The molecule has 0 radical (unpaired) electrons. The number of nitrogens with one attached hydrogen (secondary N) is 1. The van der Waals surface area contributed by atoms with Crippen LogP contribution in [-0.4, -0.2) is 15.7 Å². The van der Waals surface area contributed by atoms with Crippen LogP contribution in [0.3, 0.4) is 0 Å². The molecule has 0 unspecified atom stereocenters. The van der Waals surface area contributed by atoms with Crippen molar-refractivity contribution < 1.29 is 0 Å². The second-order valence-electron chi connectivity index (χ2n) is 5.58. The van der Waals surface area contributed by atoms with E-state index in [1.54, 1.807) is 17.7 Å². The predicted octanol–water partition coefficient (Wildman–Crippen LogP) is 4.53. The molecule has 2 rings (SSSR count). The van der Waals surface area contributed by atoms with Crippen LogP contribution >= 0.6 is 11.3 Å². The summed E-state index contributed by atoms with van der Waals surface area (Å²) in [6.45, 7) is 10.7. The Bertz CT molecular complexity index is 628. The summed E-state index contributed by atoms with van der Waals surface area (Å²) in [5.74, 6) is 1.51. The number of aryl methyl sites for hydroxylation is 2. The molecule has 0 atom stereocenters. The van der Waals surface area contributed by atoms with E-state index in [2.05, 4.69) is 55.1 Å². The van der Waals surface area contributed by atoms with E-state index in [1.807, 2.05) is 0 Å². The van der Waals surface area contributed by atoms with Gasteiger partial charge in [0.25, 0.3) is 0 Å². The molecule has 20 heavy (non-hydrogen) atoms. The summed E-state index contributed by atoms with van der Waals surface area (Å²) in [5, 5.41) is 5.54. The molecule has 0 spiro atoms. The van der Waals surface area contributed by atoms with Crippen molar-refractivity contribution in [3.63, 3.8) is 0 Å². The molecule has 2 heterocycles. The molecule has 0 bridgehead atoms. The maximum absolute atomic E-state index is 4.45. The van der Waals surface area contributed by atoms with Gasteiger partial charge in [0, 0.05) is 10.6 Å². The lowest BCUT2D eigenvalue weighted by Gasteiger charge is -2.06. The minimum Gasteiger partial charge on any atom is -0.261 e. The second kappa shape index (κ2) is 6.31. The largest absolute Gasteiger partial charge is 0.261 e. The minimum absolute atomic E-state index is 0.702. The van der Waals surface area contributed by atoms with Crippen LogP contribution in [-0.2, 0) is 0 Å². The van der Waals surface area contributed by atoms with Crippen molar-refractivity contribution in [2.75, 3.05) is 5.43 Å². The van der Waals surface area contributed by atoms with Gasteiger partial charge in [-0.1, -0.05) is 13.8 Å². The second-order valence-corrected chi connectivity index (χ2v) is 6.78. The van der Waals surface area contributed by atoms with Crippen molar-refractivity contribution in [3.05, 3.63) is 16.8 Å². The molecule has 0 aromatic carbocycles. The van der Waals surface area contributed by atoms with Crippen LogP contribution in [0.5, 0.6) is 0 Å². The van der Waals surface area contributed by atoms with E-state index >= 15 is 0 Å². The lowest BCUT2D eigenvalue weighted by Crippen LogP contribution is -2.01. The number of thiophene rings is 1. The molecule has 2 aromatic heterocycles. The highest BCUT2D eigenvalue weighted by molar-refractivity contribution is 7.18. The number of nitrogens with zero attached hydrogens (tertiary/aromatic N) is 3. The van der Waals surface area contributed by atoms with Crippen LogP contribution in [0.2, 0.25) is 0 Å². The van der Waals surface area contributed by atoms with Gasteiger partial charge in [-0.3, -0.25) is 5.43 Å². The number of hydrogen-bond donors (Lipinski definition) is 1. The molecule has 0 fully saturated rings. The number of rotatable bonds is 5. The Kier molecular flexibility index (Phi) is 4.70. The fraction of sp³-hybridized carbons (Fsp3) is 0.533. The molecular weight excluding hydrogens is 268 g/mol. The lowest BCUT2D eigenvalue weighted by molar-refractivity contribution is 0.603. The first kappa shape index (κ1) is 14.9. The SMILES string of the molecule is C/C(CCC(C)C)=N/Nc1ncnc2sc(C)c(C)c12. The molecule has 0 aliphatic rings. The summed E-state index contributed by atoms with van der Waals surface area (Å²) in [6, 6.07) is 0. The van der Waals surface area contributed by atoms with Gasteiger partial charge in [-0.15, -0.1) is 11.3 Å². The predicted molar refractivity (Wildman–Crippen MR) is 87.7 cm³/mol. The lowest BCUT2D eigenvalue weighted by atomic mass is 10.1. The van der Waals surface area contributed by atoms with Gasteiger partial charge in [-0.25, -0.2) is 9.97 Å². The van der Waals surface area contributed by atoms with Gasteiger partial charge in [-0.2, -0.15) is 5.10 Å². The molecular formula is C15H22N4S. The Hall–Kier alpha value is -1.49. The van der Waals surface area contributed by atoms with Gasteiger partial charge < -0.3 is 0 Å². The molecule has 1 N–H and O–H groups in total. The molecule has 0 aliphatic carbocycles. The van der Waals surface area contributed by atoms with E-state index in [-0.39, 0.29) is 0 Å². The topological polar surface area (TPSA) is 50.2 Å². The molecule has 108 valence electrons. The Balaban J connectivity index is 2.19. The highest BCUT2D eigenvalue weighted by atomic mass is 32.1. The Labute approximate surface area is 124 Å². The van der Waals surface area contributed by atoms with E-state index < -0.39 is 0 Å². The summed E-state index contributed by atoms with van der Waals surface area (Å²) >= 11 is 1.70. The molecule has 0 saturated carbocycles. The zero-order chi connectivity index (χ0) is 14.7. The van der Waals surface area contributed by atoms with Crippen LogP contribution in [0.1, 0.15) is 44.1 Å². The van der Waals surface area contributed by atoms with E-state index in [0.717, 1.165) is 34.6 Å². The van der Waals surface area contributed by atoms with Crippen molar-refractivity contribution in [2.24, 2.45) is 11.0 Å². The monoisotopic (exact) mass is 290 g/mol. The van der Waals surface area contributed by atoms with Crippen LogP contribution in [0.4, 0.5) is 5.82 Å². The first-order valence-corrected chi connectivity index (χ1v) is 7.80. The van der Waals surface area contributed by atoms with E-state index in [1.165, 1.54) is 10.4 Å². The first-order chi connectivity index (χ1) is 9.49. The quantitative estimate of drug-likeness (QED) is 0.650. The molecule has 0 saturated heterocycles. The average Bonchev–Trinajstić information content (AvgIpc) is 2.70. The van der Waals surface area contributed by atoms with Crippen LogP contribution < -0.4 is 5.43 Å². The van der Waals surface area contributed by atoms with Gasteiger partial charge in [0.1, 0.15) is 11.2 Å². The van der Waals surface area contributed by atoms with Crippen LogP contribution in [0.25, 0.3) is 10.2 Å². The minimum atomic E-state index is 0.702. The first-order valence-electron chi connectivity index (χ1n) is 6.99. The smallest absolute Gasteiger partial charge is 0.158 e. The van der Waals surface area contributed by atoms with E-state index in [9.17, 15) is 0 Å². The molecule has 4 nitrogen and oxygen atoms in total. The van der Waals surface area contributed by atoms with Crippen LogP contribution in [0.15, 0.2) is 11.4 Å². The molecule has 0 aliphatic heterocycles. The number of aromatic nitrogens is 2. The van der Waals surface area contributed by atoms with Gasteiger partial charge in [0.15, 0.2) is 5.82 Å². The highest BCUT2D eigenvalue weighted by Gasteiger charge is 2.11. The molecule has 0 amide bonds. The summed E-state index contributed by atoms with van der Waals surface area (Å²) < 4.78 is 0. The maximum atomic E-state index is 4.45. The van der Waals surface area contributed by atoms with Crippen molar-refractivity contribution in [2.45, 2.75) is 47.5 Å². The zero-order valence-corrected chi connectivity index (χ0v) is 13.6. The van der Waals surface area contributed by atoms with E-state index in [0.29, 0.717) is 5.92 Å². The van der Waals surface area contributed by atoms with Gasteiger partial charge in [0.2, 0.25) is 0 Å². The van der Waals surface area contributed by atoms with Crippen molar-refractivity contribution in [1.29, 1.82) is 0 Å². The number of fused-ring (bicyclic) bond motifs is 1. The van der Waals surface area contributed by atoms with Crippen LogP contribution in [0, 0.1) is 19.8 Å². The Morgan fingerprint density at radius 2 is 2.10 bits per heavy atom. The number of anilines is 1. The standard InChI is InChI=1S/C15H22N4S/c1-9(2)6-7-10(3)18-19-14-13-11(4)12(5)20-15(13)17-8-16-14/h8-9H,6-7H2,1-5H3,(H,16,17,19)/b18-10-. The fourth-order valence-corrected chi connectivity index (χ4v) is 2.97.